The van der Waals surface area contributed by atoms with Gasteiger partial charge in [-0.05, 0) is 66.6 Å². The quantitative estimate of drug-likeness (QED) is 0.303. The Labute approximate surface area is 257 Å². The number of ether oxygens (including phenoxy) is 1. The first kappa shape index (κ1) is 28.0. The second-order valence-electron chi connectivity index (χ2n) is 12.0. The third kappa shape index (κ3) is 3.83. The van der Waals surface area contributed by atoms with E-state index in [1.807, 2.05) is 6.08 Å². The van der Waals surface area contributed by atoms with Gasteiger partial charge in [-0.1, -0.05) is 23.8 Å². The fourth-order valence-electron chi connectivity index (χ4n) is 7.74. The van der Waals surface area contributed by atoms with E-state index in [2.05, 4.69) is 0 Å². The number of imide groups is 2. The maximum atomic E-state index is 14.0. The van der Waals surface area contributed by atoms with Gasteiger partial charge in [0.15, 0.2) is 9.75 Å². The zero-order chi connectivity index (χ0) is 30.4. The number of carbonyl (C=O) groups is 4. The molecule has 3 aliphatic heterocycles. The van der Waals surface area contributed by atoms with Crippen LogP contribution in [0.2, 0.25) is 0 Å². The Morgan fingerprint density at radius 3 is 2.42 bits per heavy atom. The summed E-state index contributed by atoms with van der Waals surface area (Å²) in [6.07, 6.45) is 4.29. The van der Waals surface area contributed by atoms with Crippen molar-refractivity contribution in [2.75, 3.05) is 13.6 Å². The Kier molecular flexibility index (Phi) is 6.24. The van der Waals surface area contributed by atoms with E-state index in [-0.39, 0.29) is 49.1 Å². The molecule has 3 heterocycles. The van der Waals surface area contributed by atoms with E-state index in [1.54, 1.807) is 36.4 Å². The van der Waals surface area contributed by atoms with E-state index in [4.69, 9.17) is 27.9 Å². The minimum absolute atomic E-state index is 0.0476. The minimum Gasteiger partial charge on any atom is -0.508 e. The van der Waals surface area contributed by atoms with E-state index in [0.717, 1.165) is 10.5 Å². The highest BCUT2D eigenvalue weighted by Gasteiger charge is 2.76. The number of benzene rings is 2. The molecule has 9 nitrogen and oxygen atoms in total. The summed E-state index contributed by atoms with van der Waals surface area (Å²) in [7, 11) is 1.35. The van der Waals surface area contributed by atoms with Crippen LogP contribution in [0.5, 0.6) is 17.2 Å². The number of aromatic hydroxyl groups is 2. The Morgan fingerprint density at radius 1 is 0.953 bits per heavy atom. The van der Waals surface area contributed by atoms with Crippen molar-refractivity contribution >= 4 is 46.8 Å². The van der Waals surface area contributed by atoms with Gasteiger partial charge >= 0.3 is 0 Å². The topological polar surface area (TPSA) is 124 Å². The molecule has 2 saturated heterocycles. The highest BCUT2D eigenvalue weighted by atomic mass is 35.5. The molecule has 0 radical (unpaired) electrons. The van der Waals surface area contributed by atoms with Gasteiger partial charge in [0.2, 0.25) is 11.8 Å². The molecule has 4 amide bonds. The third-order valence-electron chi connectivity index (χ3n) is 9.81. The van der Waals surface area contributed by atoms with Gasteiger partial charge in [-0.3, -0.25) is 29.0 Å². The summed E-state index contributed by atoms with van der Waals surface area (Å²) >= 11 is 14.5. The lowest BCUT2D eigenvalue weighted by Gasteiger charge is -2.51. The lowest BCUT2D eigenvalue weighted by molar-refractivity contribution is -0.141. The van der Waals surface area contributed by atoms with Crippen LogP contribution in [0, 0.1) is 23.7 Å². The maximum absolute atomic E-state index is 14.0. The molecule has 11 heteroatoms. The third-order valence-corrected chi connectivity index (χ3v) is 11.2. The second-order valence-corrected chi connectivity index (χ2v) is 13.3. The van der Waals surface area contributed by atoms with Crippen molar-refractivity contribution in [2.24, 2.45) is 23.7 Å². The summed E-state index contributed by atoms with van der Waals surface area (Å²) in [5, 5.41) is 19.7. The molecule has 43 heavy (non-hydrogen) atoms. The van der Waals surface area contributed by atoms with Gasteiger partial charge in [-0.25, -0.2) is 0 Å². The number of halogens is 2. The van der Waals surface area contributed by atoms with Crippen LogP contribution in [0.3, 0.4) is 0 Å². The number of hydrogen-bond donors (Lipinski definition) is 2. The summed E-state index contributed by atoms with van der Waals surface area (Å²) in [6.45, 7) is 0.172. The number of amides is 4. The van der Waals surface area contributed by atoms with Gasteiger partial charge < -0.3 is 14.9 Å². The standard InChI is InChI=1S/C32H28Cl2N2O7/c1-35-29(41)31(33)14-23-21(26(32(31,34)30(35)42)18-12-17-13-20(38)6-9-24(17)43-15-18)7-8-22-25(23)28(40)36(27(22)39)11-10-16-2-4-19(37)5-3-16/h2-7,9,13,15,22-23,25-26,37-38H,8,10-12,14H2,1H3/t22-,23+,25-,26-,31+,32-/m0/s1. The molecule has 2 N–H and O–H groups in total. The summed E-state index contributed by atoms with van der Waals surface area (Å²) < 4.78 is 5.91. The van der Waals surface area contributed by atoms with Crippen molar-refractivity contribution in [1.29, 1.82) is 0 Å². The first-order valence-corrected chi connectivity index (χ1v) is 14.9. The number of fused-ring (bicyclic) bond motifs is 5. The SMILES string of the molecule is CN1C(=O)[C@]2(Cl)C[C@@H]3C(=CC[C@@H]4C(=O)N(CCc5ccc(O)cc5)C(=O)[C@@H]43)[C@H](C3=COc4ccc(O)cc4C3)[C@]2(Cl)C1=O. The largest absolute Gasteiger partial charge is 0.508 e. The van der Waals surface area contributed by atoms with Crippen molar-refractivity contribution < 1.29 is 34.1 Å². The molecule has 3 fully saturated rings. The van der Waals surface area contributed by atoms with Gasteiger partial charge in [0.25, 0.3) is 11.8 Å². The van der Waals surface area contributed by atoms with Crippen molar-refractivity contribution in [1.82, 2.24) is 9.80 Å². The molecule has 2 aromatic carbocycles. The van der Waals surface area contributed by atoms with Crippen LogP contribution in [0.15, 0.2) is 65.9 Å². The van der Waals surface area contributed by atoms with E-state index < -0.39 is 45.2 Å². The van der Waals surface area contributed by atoms with Crippen LogP contribution in [0.1, 0.15) is 24.0 Å². The van der Waals surface area contributed by atoms with Crippen molar-refractivity contribution in [3.05, 3.63) is 77.1 Å². The van der Waals surface area contributed by atoms with Gasteiger partial charge in [-0.15, -0.1) is 23.2 Å². The number of hydrogen-bond acceptors (Lipinski definition) is 7. The number of carbonyl (C=O) groups excluding carboxylic acids is 4. The molecular weight excluding hydrogens is 595 g/mol. The average molecular weight is 623 g/mol. The number of phenolic OH excluding ortho intramolecular Hbond substituents is 2. The van der Waals surface area contributed by atoms with Crippen LogP contribution in [0.4, 0.5) is 0 Å². The molecule has 6 atom stereocenters. The molecule has 5 aliphatic rings. The van der Waals surface area contributed by atoms with E-state index in [1.165, 1.54) is 24.3 Å². The smallest absolute Gasteiger partial charge is 0.253 e. The monoisotopic (exact) mass is 622 g/mol. The van der Waals surface area contributed by atoms with Crippen molar-refractivity contribution in [2.45, 2.75) is 35.4 Å². The summed E-state index contributed by atoms with van der Waals surface area (Å²) in [5.41, 5.74) is 2.83. The fraction of sp³-hybridized carbons (Fsp3) is 0.375. The molecule has 0 aromatic heterocycles. The summed E-state index contributed by atoms with van der Waals surface area (Å²) in [5.74, 6) is -4.05. The van der Waals surface area contributed by atoms with Crippen LogP contribution in [-0.4, -0.2) is 67.0 Å². The normalized spacial score (nSPS) is 32.9. The second kappa shape index (κ2) is 9.59. The molecule has 222 valence electrons. The molecule has 7 rings (SSSR count). The number of alkyl halides is 2. The van der Waals surface area contributed by atoms with Crippen LogP contribution < -0.4 is 4.74 Å². The van der Waals surface area contributed by atoms with Crippen LogP contribution in [0.25, 0.3) is 0 Å². The average Bonchev–Trinajstić information content (AvgIpc) is 3.31. The first-order chi connectivity index (χ1) is 20.5. The predicted octanol–water partition coefficient (Wildman–Crippen LogP) is 3.68. The van der Waals surface area contributed by atoms with E-state index in [9.17, 15) is 29.4 Å². The first-order valence-electron chi connectivity index (χ1n) is 14.2. The number of rotatable bonds is 4. The number of nitrogens with zero attached hydrogens (tertiary/aromatic N) is 2. The molecule has 2 aliphatic carbocycles. The minimum atomic E-state index is -1.89. The van der Waals surface area contributed by atoms with Crippen LogP contribution in [-0.2, 0) is 32.0 Å². The molecule has 1 saturated carbocycles. The lowest BCUT2D eigenvalue weighted by Crippen LogP contribution is -2.61. The van der Waals surface area contributed by atoms with E-state index in [0.29, 0.717) is 28.9 Å². The van der Waals surface area contributed by atoms with Gasteiger partial charge in [0, 0.05) is 31.5 Å². The highest BCUT2D eigenvalue weighted by molar-refractivity contribution is 6.53. The molecule has 2 aromatic rings. The Balaban J connectivity index is 1.27. The van der Waals surface area contributed by atoms with Crippen molar-refractivity contribution in [3.8, 4) is 17.2 Å². The molecule has 0 spiro atoms. The highest BCUT2D eigenvalue weighted by Crippen LogP contribution is 2.64. The number of likely N-dealkylation sites (tertiary alicyclic amines) is 2. The van der Waals surface area contributed by atoms with Gasteiger partial charge in [0.1, 0.15) is 17.2 Å². The Bertz CT molecular complexity index is 1670. The van der Waals surface area contributed by atoms with Gasteiger partial charge in [-0.2, -0.15) is 0 Å². The fourth-order valence-corrected chi connectivity index (χ4v) is 8.78. The predicted molar refractivity (Wildman–Crippen MR) is 155 cm³/mol. The zero-order valence-electron chi connectivity index (χ0n) is 23.1. The maximum Gasteiger partial charge on any atom is 0.253 e. The zero-order valence-corrected chi connectivity index (χ0v) is 24.6. The van der Waals surface area contributed by atoms with E-state index >= 15 is 0 Å². The summed E-state index contributed by atoms with van der Waals surface area (Å²) in [4.78, 5) is 53.4. The molecular formula is C32H28Cl2N2O7. The van der Waals surface area contributed by atoms with Crippen LogP contribution >= 0.6 is 23.2 Å². The summed E-state index contributed by atoms with van der Waals surface area (Å²) in [6, 6.07) is 11.3. The Morgan fingerprint density at radius 2 is 1.67 bits per heavy atom. The Hall–Kier alpha value is -3.82. The lowest BCUT2D eigenvalue weighted by atomic mass is 9.56. The number of allylic oxidation sites excluding steroid dienone is 3. The van der Waals surface area contributed by atoms with Gasteiger partial charge in [0.05, 0.1) is 18.1 Å². The van der Waals surface area contributed by atoms with Crippen molar-refractivity contribution in [3.63, 3.8) is 0 Å². The number of phenols is 2. The molecule has 0 unspecified atom stereocenters. The molecule has 0 bridgehead atoms.